The summed E-state index contributed by atoms with van der Waals surface area (Å²) in [5, 5.41) is 0.127. The molecular weight excluding hydrogens is 374 g/mol. The molecule has 0 aliphatic rings. The quantitative estimate of drug-likeness (QED) is 0.430. The van der Waals surface area contributed by atoms with Crippen molar-refractivity contribution >= 4 is 21.7 Å². The number of alkyl halides is 7. The molecule has 118 valence electrons. The molecule has 3 nitrogen and oxygen atoms in total. The molecule has 0 radical (unpaired) electrons. The van der Waals surface area contributed by atoms with E-state index in [2.05, 4.69) is 25.4 Å². The largest absolute Gasteiger partial charge is 0.573 e. The Morgan fingerprint density at radius 3 is 2.10 bits per heavy atom. The van der Waals surface area contributed by atoms with Crippen molar-refractivity contribution in [1.82, 2.24) is 0 Å². The van der Waals surface area contributed by atoms with Crippen LogP contribution in [0.1, 0.15) is 16.8 Å². The highest BCUT2D eigenvalue weighted by Gasteiger charge is 2.38. The smallest absolute Gasteiger partial charge is 0.402 e. The molecule has 0 atom stereocenters. The minimum atomic E-state index is -5.27. The molecule has 0 fully saturated rings. The van der Waals surface area contributed by atoms with E-state index in [4.69, 9.17) is 0 Å². The average molecular weight is 381 g/mol. The Morgan fingerprint density at radius 2 is 1.62 bits per heavy atom. The molecule has 0 heterocycles. The number of hydrogen-bond acceptors (Lipinski definition) is 3. The van der Waals surface area contributed by atoms with Gasteiger partial charge in [-0.1, -0.05) is 22.0 Å². The van der Waals surface area contributed by atoms with E-state index in [-0.39, 0.29) is 11.8 Å². The lowest BCUT2D eigenvalue weighted by atomic mass is 10.1. The predicted molar refractivity (Wildman–Crippen MR) is 62.5 cm³/mol. The van der Waals surface area contributed by atoms with Crippen molar-refractivity contribution in [2.45, 2.75) is 19.1 Å². The van der Waals surface area contributed by atoms with E-state index in [1.54, 1.807) is 0 Å². The van der Waals surface area contributed by atoms with Crippen LogP contribution in [0.2, 0.25) is 0 Å². The van der Waals surface area contributed by atoms with Gasteiger partial charge >= 0.3 is 12.7 Å². The van der Waals surface area contributed by atoms with Crippen LogP contribution in [0.3, 0.4) is 0 Å². The maximum Gasteiger partial charge on any atom is 0.573 e. The fourth-order valence-electron chi connectivity index (χ4n) is 1.38. The maximum absolute atomic E-state index is 12.3. The fourth-order valence-corrected chi connectivity index (χ4v) is 1.74. The molecule has 0 saturated carbocycles. The van der Waals surface area contributed by atoms with Crippen LogP contribution in [0.25, 0.3) is 0 Å². The van der Waals surface area contributed by atoms with Gasteiger partial charge in [0.1, 0.15) is 0 Å². The van der Waals surface area contributed by atoms with Crippen LogP contribution in [-0.4, -0.2) is 23.8 Å². The third kappa shape index (κ3) is 5.82. The van der Waals surface area contributed by atoms with Gasteiger partial charge in [-0.25, -0.2) is 0 Å². The average Bonchev–Trinajstić information content (AvgIpc) is 2.28. The Hall–Kier alpha value is -1.45. The summed E-state index contributed by atoms with van der Waals surface area (Å²) in [6.45, 7) is 0. The molecule has 1 aromatic carbocycles. The Kier molecular flexibility index (Phi) is 5.48. The first-order valence-electron chi connectivity index (χ1n) is 5.27. The minimum Gasteiger partial charge on any atom is -0.402 e. The second kappa shape index (κ2) is 6.54. The fraction of sp³-hybridized carbons (Fsp3) is 0.364. The first-order chi connectivity index (χ1) is 9.53. The molecule has 0 saturated heterocycles. The Morgan fingerprint density at radius 1 is 1.05 bits per heavy atom. The van der Waals surface area contributed by atoms with E-state index in [1.807, 2.05) is 0 Å². The first-order valence-corrected chi connectivity index (χ1v) is 6.39. The standard InChI is InChI=1S/C11H7BrF6O3/c12-5-4-7(19)6-2-1-3-8(20-10(13,14)15)9(6)21-11(16,17)18/h1-3H,4-5H2. The number of ketones is 1. The maximum atomic E-state index is 12.3. The van der Waals surface area contributed by atoms with Crippen molar-refractivity contribution in [3.05, 3.63) is 23.8 Å². The minimum absolute atomic E-state index is 0.127. The van der Waals surface area contributed by atoms with Crippen molar-refractivity contribution in [1.29, 1.82) is 0 Å². The molecule has 0 bridgehead atoms. The molecule has 1 rings (SSSR count). The molecule has 0 aromatic heterocycles. The summed E-state index contributed by atoms with van der Waals surface area (Å²) < 4.78 is 80.4. The van der Waals surface area contributed by atoms with Crippen molar-refractivity contribution in [2.24, 2.45) is 0 Å². The monoisotopic (exact) mass is 380 g/mol. The third-order valence-electron chi connectivity index (χ3n) is 2.04. The Balaban J connectivity index is 3.30. The van der Waals surface area contributed by atoms with Gasteiger partial charge in [-0.15, -0.1) is 26.3 Å². The summed E-state index contributed by atoms with van der Waals surface area (Å²) in [6.07, 6.45) is -10.7. The van der Waals surface area contributed by atoms with E-state index in [0.29, 0.717) is 6.07 Å². The zero-order valence-electron chi connectivity index (χ0n) is 10.0. The Bertz CT molecular complexity index is 512. The van der Waals surface area contributed by atoms with Gasteiger partial charge in [0.25, 0.3) is 0 Å². The van der Waals surface area contributed by atoms with Crippen LogP contribution >= 0.6 is 15.9 Å². The van der Waals surface area contributed by atoms with Crippen LogP contribution < -0.4 is 9.47 Å². The van der Waals surface area contributed by atoms with E-state index in [1.165, 1.54) is 0 Å². The van der Waals surface area contributed by atoms with Gasteiger partial charge in [0, 0.05) is 11.8 Å². The summed E-state index contributed by atoms with van der Waals surface area (Å²) in [7, 11) is 0. The molecule has 10 heteroatoms. The molecular formula is C11H7BrF6O3. The van der Waals surface area contributed by atoms with Gasteiger partial charge in [-0.05, 0) is 12.1 Å². The van der Waals surface area contributed by atoms with E-state index in [9.17, 15) is 31.1 Å². The molecule has 0 spiro atoms. The number of halogens is 7. The van der Waals surface area contributed by atoms with Crippen LogP contribution in [0.5, 0.6) is 11.5 Å². The number of benzene rings is 1. The lowest BCUT2D eigenvalue weighted by molar-refractivity contribution is -0.287. The number of carbonyl (C=O) groups excluding carboxylic acids is 1. The first kappa shape index (κ1) is 17.6. The zero-order valence-corrected chi connectivity index (χ0v) is 11.6. The highest BCUT2D eigenvalue weighted by atomic mass is 79.9. The summed E-state index contributed by atoms with van der Waals surface area (Å²) in [4.78, 5) is 11.7. The molecule has 0 aliphatic carbocycles. The number of ether oxygens (including phenoxy) is 2. The highest BCUT2D eigenvalue weighted by Crippen LogP contribution is 2.38. The predicted octanol–water partition coefficient (Wildman–Crippen LogP) is 4.45. The summed E-state index contributed by atoms with van der Waals surface area (Å²) >= 11 is 2.91. The molecule has 0 N–H and O–H groups in total. The molecule has 0 amide bonds. The van der Waals surface area contributed by atoms with Gasteiger partial charge in [0.05, 0.1) is 5.56 Å². The zero-order chi connectivity index (χ0) is 16.3. The lowest BCUT2D eigenvalue weighted by Crippen LogP contribution is -2.22. The molecule has 0 aliphatic heterocycles. The lowest BCUT2D eigenvalue weighted by Gasteiger charge is -2.17. The van der Waals surface area contributed by atoms with Crippen molar-refractivity contribution in [2.75, 3.05) is 5.33 Å². The van der Waals surface area contributed by atoms with Crippen LogP contribution in [0, 0.1) is 0 Å². The van der Waals surface area contributed by atoms with Gasteiger partial charge in [-0.3, -0.25) is 4.79 Å². The second-order valence-electron chi connectivity index (χ2n) is 3.59. The molecule has 21 heavy (non-hydrogen) atoms. The van der Waals surface area contributed by atoms with Crippen molar-refractivity contribution < 1.29 is 40.6 Å². The van der Waals surface area contributed by atoms with Crippen LogP contribution in [0.4, 0.5) is 26.3 Å². The number of rotatable bonds is 5. The SMILES string of the molecule is O=C(CCBr)c1cccc(OC(F)(F)F)c1OC(F)(F)F. The normalized spacial score (nSPS) is 12.1. The number of para-hydroxylation sites is 1. The topological polar surface area (TPSA) is 35.5 Å². The second-order valence-corrected chi connectivity index (χ2v) is 4.38. The summed E-state index contributed by atoms with van der Waals surface area (Å²) in [5.41, 5.74) is -0.645. The van der Waals surface area contributed by atoms with Gasteiger partial charge in [0.15, 0.2) is 17.3 Å². The van der Waals surface area contributed by atoms with Crippen LogP contribution in [0.15, 0.2) is 18.2 Å². The third-order valence-corrected chi connectivity index (χ3v) is 2.44. The van der Waals surface area contributed by atoms with Crippen molar-refractivity contribution in [3.63, 3.8) is 0 Å². The van der Waals surface area contributed by atoms with Crippen LogP contribution in [-0.2, 0) is 0 Å². The summed E-state index contributed by atoms with van der Waals surface area (Å²) in [6, 6.07) is 2.51. The Labute approximate surface area is 123 Å². The number of hydrogen-bond donors (Lipinski definition) is 0. The van der Waals surface area contributed by atoms with Gasteiger partial charge < -0.3 is 9.47 Å². The van der Waals surface area contributed by atoms with E-state index in [0.717, 1.165) is 12.1 Å². The number of Topliss-reactive ketones (excluding diaryl/α,β-unsaturated/α-hetero) is 1. The molecule has 1 aromatic rings. The van der Waals surface area contributed by atoms with E-state index >= 15 is 0 Å². The number of carbonyl (C=O) groups is 1. The summed E-state index contributed by atoms with van der Waals surface area (Å²) in [5.74, 6) is -3.37. The van der Waals surface area contributed by atoms with E-state index < -0.39 is 35.6 Å². The highest BCUT2D eigenvalue weighted by molar-refractivity contribution is 9.09. The van der Waals surface area contributed by atoms with Crippen molar-refractivity contribution in [3.8, 4) is 11.5 Å². The van der Waals surface area contributed by atoms with Gasteiger partial charge in [-0.2, -0.15) is 0 Å². The van der Waals surface area contributed by atoms with Gasteiger partial charge in [0.2, 0.25) is 0 Å². The molecule has 0 unspecified atom stereocenters.